The lowest BCUT2D eigenvalue weighted by Gasteiger charge is -1.98. The first-order chi connectivity index (χ1) is 10.6. The van der Waals surface area contributed by atoms with Crippen molar-refractivity contribution in [2.45, 2.75) is 19.8 Å². The van der Waals surface area contributed by atoms with Gasteiger partial charge in [-0.05, 0) is 54.3 Å². The van der Waals surface area contributed by atoms with E-state index in [1.54, 1.807) is 12.1 Å². The van der Waals surface area contributed by atoms with Gasteiger partial charge >= 0.3 is 0 Å². The topological polar surface area (TPSA) is 20.2 Å². The van der Waals surface area contributed by atoms with Crippen molar-refractivity contribution in [3.8, 4) is 17.6 Å². The first-order valence-electron chi connectivity index (χ1n) is 7.05. The molecule has 0 unspecified atom stereocenters. The number of hydrogen-bond acceptors (Lipinski definition) is 1. The van der Waals surface area contributed by atoms with Crippen LogP contribution in [0.5, 0.6) is 5.75 Å². The predicted octanol–water partition coefficient (Wildman–Crippen LogP) is 5.00. The summed E-state index contributed by atoms with van der Waals surface area (Å²) in [7, 11) is 0. The maximum atomic E-state index is 13.8. The number of benzene rings is 2. The van der Waals surface area contributed by atoms with Gasteiger partial charge in [-0.1, -0.05) is 31.4 Å². The van der Waals surface area contributed by atoms with Crippen LogP contribution in [-0.4, -0.2) is 5.11 Å². The third kappa shape index (κ3) is 4.20. The summed E-state index contributed by atoms with van der Waals surface area (Å²) >= 11 is 0. The summed E-state index contributed by atoms with van der Waals surface area (Å²) in [6, 6.07) is 12.6. The molecule has 1 nitrogen and oxygen atoms in total. The maximum Gasteiger partial charge on any atom is 0.209 e. The van der Waals surface area contributed by atoms with E-state index in [0.717, 1.165) is 12.8 Å². The normalized spacial score (nSPS) is 11.4. The summed E-state index contributed by atoms with van der Waals surface area (Å²) in [4.78, 5) is 0. The van der Waals surface area contributed by atoms with Crippen LogP contribution in [0.2, 0.25) is 0 Å². The number of rotatable bonds is 3. The molecule has 0 bridgehead atoms. The SMILES string of the molecule is CCCc1ccc(C#C/C(F)=C(\F)c2ccc(O)cc2)cc1. The van der Waals surface area contributed by atoms with Crippen molar-refractivity contribution in [1.82, 2.24) is 0 Å². The summed E-state index contributed by atoms with van der Waals surface area (Å²) in [6.45, 7) is 2.10. The molecule has 0 fully saturated rings. The van der Waals surface area contributed by atoms with Gasteiger partial charge in [0.1, 0.15) is 5.75 Å². The van der Waals surface area contributed by atoms with Crippen LogP contribution in [0.25, 0.3) is 5.83 Å². The van der Waals surface area contributed by atoms with Crippen LogP contribution in [0.3, 0.4) is 0 Å². The van der Waals surface area contributed by atoms with E-state index in [4.69, 9.17) is 5.11 Å². The Morgan fingerprint density at radius 3 is 2.23 bits per heavy atom. The zero-order valence-corrected chi connectivity index (χ0v) is 12.2. The Morgan fingerprint density at radius 1 is 1.00 bits per heavy atom. The van der Waals surface area contributed by atoms with Crippen molar-refractivity contribution in [1.29, 1.82) is 0 Å². The van der Waals surface area contributed by atoms with Crippen molar-refractivity contribution in [3.63, 3.8) is 0 Å². The third-order valence-electron chi connectivity index (χ3n) is 3.12. The van der Waals surface area contributed by atoms with Crippen molar-refractivity contribution < 1.29 is 13.9 Å². The fourth-order valence-corrected chi connectivity index (χ4v) is 1.96. The number of aromatic hydroxyl groups is 1. The highest BCUT2D eigenvalue weighted by atomic mass is 19.2. The fourth-order valence-electron chi connectivity index (χ4n) is 1.96. The van der Waals surface area contributed by atoms with Crippen molar-refractivity contribution in [2.24, 2.45) is 0 Å². The minimum Gasteiger partial charge on any atom is -0.508 e. The Kier molecular flexibility index (Phi) is 5.32. The molecule has 0 amide bonds. The molecule has 3 heteroatoms. The molecule has 0 aromatic heterocycles. The molecule has 0 saturated carbocycles. The molecule has 0 spiro atoms. The first kappa shape index (κ1) is 15.8. The average molecular weight is 298 g/mol. The number of halogens is 2. The van der Waals surface area contributed by atoms with Crippen LogP contribution < -0.4 is 0 Å². The van der Waals surface area contributed by atoms with Crippen molar-refractivity contribution in [3.05, 3.63) is 71.0 Å². The van der Waals surface area contributed by atoms with Gasteiger partial charge in [0.25, 0.3) is 0 Å². The van der Waals surface area contributed by atoms with Crippen molar-refractivity contribution in [2.75, 3.05) is 0 Å². The number of hydrogen-bond donors (Lipinski definition) is 1. The highest BCUT2D eigenvalue weighted by Gasteiger charge is 2.06. The molecule has 0 heterocycles. The van der Waals surface area contributed by atoms with Gasteiger partial charge in [-0.3, -0.25) is 0 Å². The summed E-state index contributed by atoms with van der Waals surface area (Å²) in [5.74, 6) is 2.63. The predicted molar refractivity (Wildman–Crippen MR) is 84.6 cm³/mol. The molecule has 2 aromatic rings. The van der Waals surface area contributed by atoms with Gasteiger partial charge in [0.15, 0.2) is 5.83 Å². The van der Waals surface area contributed by atoms with Gasteiger partial charge in [0.05, 0.1) is 0 Å². The lowest BCUT2D eigenvalue weighted by Crippen LogP contribution is -1.83. The van der Waals surface area contributed by atoms with E-state index < -0.39 is 11.7 Å². The van der Waals surface area contributed by atoms with Crippen LogP contribution in [0, 0.1) is 11.8 Å². The summed E-state index contributed by atoms with van der Waals surface area (Å²) in [5, 5.41) is 9.13. The Balaban J connectivity index is 2.18. The van der Waals surface area contributed by atoms with Crippen LogP contribution >= 0.6 is 0 Å². The zero-order chi connectivity index (χ0) is 15.9. The summed E-state index contributed by atoms with van der Waals surface area (Å²) < 4.78 is 27.6. The van der Waals surface area contributed by atoms with Crippen LogP contribution in [0.15, 0.2) is 54.4 Å². The minimum absolute atomic E-state index is 0.00443. The van der Waals surface area contributed by atoms with E-state index in [9.17, 15) is 8.78 Å². The fraction of sp³-hybridized carbons (Fsp3) is 0.158. The molecule has 22 heavy (non-hydrogen) atoms. The highest BCUT2D eigenvalue weighted by Crippen LogP contribution is 2.22. The van der Waals surface area contributed by atoms with Gasteiger partial charge in [-0.2, -0.15) is 4.39 Å². The summed E-state index contributed by atoms with van der Waals surface area (Å²) in [6.07, 6.45) is 2.04. The Labute approximate surface area is 128 Å². The lowest BCUT2D eigenvalue weighted by atomic mass is 10.1. The third-order valence-corrected chi connectivity index (χ3v) is 3.12. The number of phenols is 1. The van der Waals surface area contributed by atoms with Crippen LogP contribution in [0.4, 0.5) is 8.78 Å². The maximum absolute atomic E-state index is 13.8. The van der Waals surface area contributed by atoms with E-state index in [1.807, 2.05) is 12.1 Å². The van der Waals surface area contributed by atoms with Crippen molar-refractivity contribution >= 4 is 5.83 Å². The summed E-state index contributed by atoms with van der Waals surface area (Å²) in [5.41, 5.74) is 1.87. The van der Waals surface area contributed by atoms with Gasteiger partial charge in [-0.15, -0.1) is 0 Å². The van der Waals surface area contributed by atoms with Gasteiger partial charge in [0, 0.05) is 11.1 Å². The molecule has 2 rings (SSSR count). The lowest BCUT2D eigenvalue weighted by molar-refractivity contribution is 0.475. The molecule has 0 atom stereocenters. The molecule has 112 valence electrons. The van der Waals surface area contributed by atoms with Gasteiger partial charge < -0.3 is 5.11 Å². The molecule has 0 radical (unpaired) electrons. The number of allylic oxidation sites excluding steroid dienone is 1. The van der Waals surface area contributed by atoms with E-state index in [2.05, 4.69) is 18.8 Å². The second-order valence-corrected chi connectivity index (χ2v) is 4.87. The zero-order valence-electron chi connectivity index (χ0n) is 12.2. The molecular weight excluding hydrogens is 282 g/mol. The Bertz CT molecular complexity index is 717. The molecule has 0 aliphatic rings. The molecule has 0 saturated heterocycles. The van der Waals surface area contributed by atoms with Gasteiger partial charge in [0.2, 0.25) is 5.83 Å². The minimum atomic E-state index is -1.12. The molecule has 0 aliphatic carbocycles. The van der Waals surface area contributed by atoms with E-state index in [1.165, 1.54) is 29.8 Å². The van der Waals surface area contributed by atoms with E-state index in [-0.39, 0.29) is 11.3 Å². The van der Waals surface area contributed by atoms with E-state index >= 15 is 0 Å². The molecular formula is C19H16F2O. The first-order valence-corrected chi connectivity index (χ1v) is 7.05. The Morgan fingerprint density at radius 2 is 1.64 bits per heavy atom. The standard InChI is InChI=1S/C19H16F2O/c1-2-3-14-4-6-15(7-5-14)8-13-18(20)19(21)16-9-11-17(22)12-10-16/h4-7,9-12,22H,2-3H2,1H3/b19-18+. The molecule has 2 aromatic carbocycles. The smallest absolute Gasteiger partial charge is 0.209 e. The second kappa shape index (κ2) is 7.42. The highest BCUT2D eigenvalue weighted by molar-refractivity contribution is 5.65. The van der Waals surface area contributed by atoms with Gasteiger partial charge in [-0.25, -0.2) is 4.39 Å². The van der Waals surface area contributed by atoms with Crippen LogP contribution in [0.1, 0.15) is 30.0 Å². The molecule has 0 aliphatic heterocycles. The quantitative estimate of drug-likeness (QED) is 0.790. The second-order valence-electron chi connectivity index (χ2n) is 4.87. The van der Waals surface area contributed by atoms with E-state index in [0.29, 0.717) is 5.56 Å². The Hall–Kier alpha value is -2.60. The largest absolute Gasteiger partial charge is 0.508 e. The monoisotopic (exact) mass is 298 g/mol. The number of phenolic OH excluding ortho intramolecular Hbond substituents is 1. The number of aryl methyl sites for hydroxylation is 1. The average Bonchev–Trinajstić information content (AvgIpc) is 2.54. The van der Waals surface area contributed by atoms with Crippen LogP contribution in [-0.2, 0) is 6.42 Å². The molecule has 1 N–H and O–H groups in total.